The molecule has 1 aromatic heterocycles. The van der Waals surface area contributed by atoms with Crippen molar-refractivity contribution in [2.24, 2.45) is 0 Å². The summed E-state index contributed by atoms with van der Waals surface area (Å²) in [7, 11) is 0. The summed E-state index contributed by atoms with van der Waals surface area (Å²) in [6.45, 7) is 0. The van der Waals surface area contributed by atoms with Crippen molar-refractivity contribution in [2.45, 2.75) is 15.2 Å². The van der Waals surface area contributed by atoms with E-state index in [1.54, 1.807) is 0 Å². The molecule has 0 unspecified atom stereocenters. The number of hydrogen-bond acceptors (Lipinski definition) is 4. The molecule has 0 saturated carbocycles. The highest BCUT2D eigenvalue weighted by Crippen LogP contribution is 2.63. The van der Waals surface area contributed by atoms with E-state index in [9.17, 15) is 0 Å². The number of fused-ring (bicyclic) bond motifs is 15. The van der Waals surface area contributed by atoms with Gasteiger partial charge in [-0.1, -0.05) is 188 Å². The first-order chi connectivity index (χ1) is 33.3. The molecule has 12 aromatic rings. The number of benzene rings is 11. The van der Waals surface area contributed by atoms with Gasteiger partial charge in [-0.15, -0.1) is 0 Å². The minimum atomic E-state index is -0.454. The van der Waals surface area contributed by atoms with Crippen LogP contribution in [0.2, 0.25) is 0 Å². The molecule has 0 saturated heterocycles. The van der Waals surface area contributed by atoms with Gasteiger partial charge in [-0.2, -0.15) is 0 Å². The van der Waals surface area contributed by atoms with Crippen molar-refractivity contribution in [3.8, 4) is 11.1 Å². The van der Waals surface area contributed by atoms with Crippen LogP contribution in [0, 0.1) is 0 Å². The third-order valence-corrected chi connectivity index (χ3v) is 15.2. The summed E-state index contributed by atoms with van der Waals surface area (Å²) in [5.41, 5.74) is 15.7. The minimum absolute atomic E-state index is 0.454. The van der Waals surface area contributed by atoms with E-state index in [0.717, 1.165) is 77.6 Å². The highest BCUT2D eigenvalue weighted by atomic mass is 32.2. The van der Waals surface area contributed by atoms with Gasteiger partial charge >= 0.3 is 0 Å². The molecule has 0 N–H and O–H groups in total. The SMILES string of the molecule is c1ccc(N(c2ccc3c(c2)Sc2ccccc2C32c3ccccc3-c3ccccc32)c2cc3c(oc4cc5ccccc5c(N(c5ccccc5)c5ccccc5)c43)c3ccccc23)cc1. The van der Waals surface area contributed by atoms with Gasteiger partial charge in [-0.3, -0.25) is 0 Å². The second-order valence-corrected chi connectivity index (χ2v) is 18.6. The second kappa shape index (κ2) is 14.9. The van der Waals surface area contributed by atoms with Crippen LogP contribution in [0.3, 0.4) is 0 Å². The predicted molar refractivity (Wildman–Crippen MR) is 280 cm³/mol. The van der Waals surface area contributed by atoms with E-state index in [1.807, 2.05) is 11.8 Å². The van der Waals surface area contributed by atoms with Gasteiger partial charge in [0, 0.05) is 54.1 Å². The van der Waals surface area contributed by atoms with Gasteiger partial charge in [0.25, 0.3) is 0 Å². The fourth-order valence-electron chi connectivity index (χ4n) is 11.4. The Morgan fingerprint density at radius 1 is 0.358 bits per heavy atom. The number of furan rings is 1. The largest absolute Gasteiger partial charge is 0.455 e. The molecule has 11 aromatic carbocycles. The van der Waals surface area contributed by atoms with E-state index in [1.165, 1.54) is 43.2 Å². The molecule has 2 heterocycles. The fourth-order valence-corrected chi connectivity index (χ4v) is 12.6. The lowest BCUT2D eigenvalue weighted by molar-refractivity contribution is 0.673. The molecule has 0 amide bonds. The van der Waals surface area contributed by atoms with Crippen molar-refractivity contribution in [1.82, 2.24) is 0 Å². The van der Waals surface area contributed by atoms with E-state index in [2.05, 4.69) is 252 Å². The zero-order valence-electron chi connectivity index (χ0n) is 36.3. The van der Waals surface area contributed by atoms with Gasteiger partial charge in [0.15, 0.2) is 0 Å². The summed E-state index contributed by atoms with van der Waals surface area (Å²) < 4.78 is 7.15. The molecular weight excluding hydrogens is 833 g/mol. The monoisotopic (exact) mass is 872 g/mol. The maximum Gasteiger partial charge on any atom is 0.143 e. The molecule has 0 atom stereocenters. The molecule has 0 fully saturated rings. The molecule has 1 aliphatic carbocycles. The van der Waals surface area contributed by atoms with Gasteiger partial charge in [-0.25, -0.2) is 0 Å². The summed E-state index contributed by atoms with van der Waals surface area (Å²) in [4.78, 5) is 7.38. The van der Waals surface area contributed by atoms with Crippen LogP contribution in [0.15, 0.2) is 257 Å². The highest BCUT2D eigenvalue weighted by molar-refractivity contribution is 7.99. The number of para-hydroxylation sites is 3. The molecule has 0 radical (unpaired) electrons. The first kappa shape index (κ1) is 38.0. The van der Waals surface area contributed by atoms with Crippen molar-refractivity contribution < 1.29 is 4.42 Å². The third-order valence-electron chi connectivity index (χ3n) is 14.0. The van der Waals surface area contributed by atoms with Crippen LogP contribution < -0.4 is 9.80 Å². The number of hydrogen-bond donors (Lipinski definition) is 0. The summed E-state index contributed by atoms with van der Waals surface area (Å²) in [5.74, 6) is 0. The number of nitrogens with zero attached hydrogens (tertiary/aromatic N) is 2. The average Bonchev–Trinajstić information content (AvgIpc) is 3.91. The molecule has 1 aliphatic heterocycles. The maximum absolute atomic E-state index is 7.15. The molecule has 2 aliphatic rings. The zero-order valence-corrected chi connectivity index (χ0v) is 37.1. The van der Waals surface area contributed by atoms with Gasteiger partial charge < -0.3 is 14.2 Å². The lowest BCUT2D eigenvalue weighted by Crippen LogP contribution is -2.32. The average molecular weight is 873 g/mol. The summed E-state index contributed by atoms with van der Waals surface area (Å²) in [6, 6.07) is 88.6. The molecule has 314 valence electrons. The lowest BCUT2D eigenvalue weighted by atomic mass is 9.67. The smallest absolute Gasteiger partial charge is 0.143 e. The molecule has 0 bridgehead atoms. The van der Waals surface area contributed by atoms with Crippen LogP contribution >= 0.6 is 11.8 Å². The van der Waals surface area contributed by atoms with Gasteiger partial charge in [0.1, 0.15) is 11.2 Å². The first-order valence-electron chi connectivity index (χ1n) is 22.9. The first-order valence-corrected chi connectivity index (χ1v) is 23.7. The van der Waals surface area contributed by atoms with Crippen molar-refractivity contribution in [3.63, 3.8) is 0 Å². The van der Waals surface area contributed by atoms with Crippen LogP contribution in [0.25, 0.3) is 54.6 Å². The molecule has 14 rings (SSSR count). The molecule has 1 spiro atoms. The lowest BCUT2D eigenvalue weighted by Gasteiger charge is -2.40. The predicted octanol–water partition coefficient (Wildman–Crippen LogP) is 17.7. The molecule has 4 heteroatoms. The molecule has 67 heavy (non-hydrogen) atoms. The Balaban J connectivity index is 1.06. The van der Waals surface area contributed by atoms with Crippen molar-refractivity contribution in [2.75, 3.05) is 9.80 Å². The van der Waals surface area contributed by atoms with Crippen LogP contribution in [-0.4, -0.2) is 0 Å². The quantitative estimate of drug-likeness (QED) is 0.166. The van der Waals surface area contributed by atoms with E-state index in [0.29, 0.717) is 0 Å². The Hall–Kier alpha value is -8.31. The van der Waals surface area contributed by atoms with E-state index in [4.69, 9.17) is 4.42 Å². The highest BCUT2D eigenvalue weighted by Gasteiger charge is 2.50. The van der Waals surface area contributed by atoms with Crippen LogP contribution in [0.1, 0.15) is 22.3 Å². The zero-order chi connectivity index (χ0) is 44.1. The van der Waals surface area contributed by atoms with Crippen molar-refractivity contribution in [1.29, 1.82) is 0 Å². The Kier molecular flexibility index (Phi) is 8.43. The van der Waals surface area contributed by atoms with Gasteiger partial charge in [0.2, 0.25) is 0 Å². The maximum atomic E-state index is 7.15. The molecule has 3 nitrogen and oxygen atoms in total. The van der Waals surface area contributed by atoms with Gasteiger partial charge in [-0.05, 0) is 105 Å². The normalized spacial score (nSPS) is 13.1. The Bertz CT molecular complexity index is 3830. The summed E-state index contributed by atoms with van der Waals surface area (Å²) >= 11 is 1.88. The Morgan fingerprint density at radius 2 is 0.881 bits per heavy atom. The fraction of sp³-hybridized carbons (Fsp3) is 0.0159. The van der Waals surface area contributed by atoms with Gasteiger partial charge in [0.05, 0.1) is 22.2 Å². The topological polar surface area (TPSA) is 19.6 Å². The minimum Gasteiger partial charge on any atom is -0.455 e. The van der Waals surface area contributed by atoms with Crippen molar-refractivity contribution in [3.05, 3.63) is 265 Å². The second-order valence-electron chi connectivity index (χ2n) is 17.5. The van der Waals surface area contributed by atoms with Crippen LogP contribution in [0.4, 0.5) is 34.1 Å². The van der Waals surface area contributed by atoms with E-state index < -0.39 is 5.41 Å². The number of rotatable bonds is 6. The van der Waals surface area contributed by atoms with E-state index in [-0.39, 0.29) is 0 Å². The Morgan fingerprint density at radius 3 is 1.55 bits per heavy atom. The standard InChI is InChI=1S/C63H40N2OS/c1-4-21-42(22-5-1)64(45-36-37-55-59(39-45)67-58-35-19-18-34-54(58)63(55)52-32-16-14-28-47(52)48-29-15-17-33-53(48)63)56-40-51-60-57(66-62(51)50-31-13-12-30-49(50)56)38-41-20-10-11-27-46(41)61(60)65(43-23-6-2-7-24-43)44-25-8-3-9-26-44/h1-40H. The summed E-state index contributed by atoms with van der Waals surface area (Å²) in [5, 5.41) is 6.57. The number of anilines is 6. The Labute approximate surface area is 392 Å². The molecular formula is C63H40N2OS. The van der Waals surface area contributed by atoms with Crippen LogP contribution in [0.5, 0.6) is 0 Å². The van der Waals surface area contributed by atoms with E-state index >= 15 is 0 Å². The van der Waals surface area contributed by atoms with Crippen molar-refractivity contribution >= 4 is 89.4 Å². The third kappa shape index (κ3) is 5.54. The summed E-state index contributed by atoms with van der Waals surface area (Å²) in [6.07, 6.45) is 0. The van der Waals surface area contributed by atoms with Crippen LogP contribution in [-0.2, 0) is 5.41 Å².